The molecule has 20 heavy (non-hydrogen) atoms. The predicted octanol–water partition coefficient (Wildman–Crippen LogP) is 4.22. The first-order chi connectivity index (χ1) is 9.45. The Morgan fingerprint density at radius 1 is 1.10 bits per heavy atom. The predicted molar refractivity (Wildman–Crippen MR) is 72.8 cm³/mol. The third kappa shape index (κ3) is 3.42. The number of halogens is 3. The molecule has 0 heterocycles. The highest BCUT2D eigenvalue weighted by Crippen LogP contribution is 2.22. The van der Waals surface area contributed by atoms with Crippen LogP contribution in [-0.4, -0.2) is 10.9 Å². The standard InChI is InChI=1S/C15H9ClF2O2/c16-10-2-3-13(15(20)7-10)14(19)4-1-9-5-11(17)8-12(18)6-9/h1-8,20H/b4-1+. The Hall–Kier alpha value is -2.20. The number of carbonyl (C=O) groups is 1. The monoisotopic (exact) mass is 294 g/mol. The molecule has 0 fully saturated rings. The first-order valence-corrected chi connectivity index (χ1v) is 6.00. The van der Waals surface area contributed by atoms with Crippen LogP contribution in [0.5, 0.6) is 5.75 Å². The van der Waals surface area contributed by atoms with Gasteiger partial charge in [0.1, 0.15) is 17.4 Å². The lowest BCUT2D eigenvalue weighted by molar-refractivity contribution is 0.104. The van der Waals surface area contributed by atoms with Crippen LogP contribution in [0.1, 0.15) is 15.9 Å². The van der Waals surface area contributed by atoms with Gasteiger partial charge in [-0.2, -0.15) is 0 Å². The van der Waals surface area contributed by atoms with Gasteiger partial charge < -0.3 is 5.11 Å². The summed E-state index contributed by atoms with van der Waals surface area (Å²) < 4.78 is 25.9. The molecule has 0 aromatic heterocycles. The fourth-order valence-electron chi connectivity index (χ4n) is 1.65. The molecule has 102 valence electrons. The van der Waals surface area contributed by atoms with Gasteiger partial charge in [-0.05, 0) is 42.0 Å². The molecule has 0 saturated carbocycles. The molecule has 2 aromatic rings. The van der Waals surface area contributed by atoms with Crippen LogP contribution in [0.15, 0.2) is 42.5 Å². The molecule has 2 nitrogen and oxygen atoms in total. The number of hydrogen-bond donors (Lipinski definition) is 1. The Bertz CT molecular complexity index is 676. The third-order valence-corrected chi connectivity index (χ3v) is 2.77. The Morgan fingerprint density at radius 3 is 2.35 bits per heavy atom. The third-order valence-electron chi connectivity index (χ3n) is 2.54. The van der Waals surface area contributed by atoms with Crippen molar-refractivity contribution in [1.82, 2.24) is 0 Å². The van der Waals surface area contributed by atoms with E-state index in [1.54, 1.807) is 0 Å². The van der Waals surface area contributed by atoms with E-state index in [9.17, 15) is 18.7 Å². The number of rotatable bonds is 3. The van der Waals surface area contributed by atoms with E-state index in [1.807, 2.05) is 0 Å². The second kappa shape index (κ2) is 5.84. The van der Waals surface area contributed by atoms with Gasteiger partial charge in [0.05, 0.1) is 5.56 Å². The molecule has 1 N–H and O–H groups in total. The van der Waals surface area contributed by atoms with Gasteiger partial charge in [0.25, 0.3) is 0 Å². The molecule has 2 aromatic carbocycles. The summed E-state index contributed by atoms with van der Waals surface area (Å²) in [6, 6.07) is 7.00. The average Bonchev–Trinajstić information content (AvgIpc) is 2.35. The second-order valence-corrected chi connectivity index (χ2v) is 4.50. The van der Waals surface area contributed by atoms with Gasteiger partial charge in [0.15, 0.2) is 5.78 Å². The van der Waals surface area contributed by atoms with E-state index in [0.717, 1.165) is 24.3 Å². The summed E-state index contributed by atoms with van der Waals surface area (Å²) in [5.74, 6) is -2.21. The van der Waals surface area contributed by atoms with Gasteiger partial charge in [-0.1, -0.05) is 17.7 Å². The van der Waals surface area contributed by atoms with E-state index in [4.69, 9.17) is 11.6 Å². The summed E-state index contributed by atoms with van der Waals surface area (Å²) in [5, 5.41) is 9.89. The molecule has 0 aliphatic rings. The lowest BCUT2D eigenvalue weighted by atomic mass is 10.1. The van der Waals surface area contributed by atoms with Crippen LogP contribution in [0.2, 0.25) is 5.02 Å². The minimum Gasteiger partial charge on any atom is -0.507 e. The Kier molecular flexibility index (Phi) is 4.15. The van der Waals surface area contributed by atoms with Gasteiger partial charge in [-0.25, -0.2) is 8.78 Å². The van der Waals surface area contributed by atoms with Crippen LogP contribution in [0.3, 0.4) is 0 Å². The van der Waals surface area contributed by atoms with Gasteiger partial charge in [-0.15, -0.1) is 0 Å². The Balaban J connectivity index is 2.24. The Morgan fingerprint density at radius 2 is 1.75 bits per heavy atom. The fraction of sp³-hybridized carbons (Fsp3) is 0. The van der Waals surface area contributed by atoms with E-state index in [2.05, 4.69) is 0 Å². The lowest BCUT2D eigenvalue weighted by Gasteiger charge is -2.01. The molecule has 0 unspecified atom stereocenters. The molecule has 5 heteroatoms. The van der Waals surface area contributed by atoms with E-state index in [-0.39, 0.29) is 16.9 Å². The molecule has 0 saturated heterocycles. The van der Waals surface area contributed by atoms with Crippen molar-refractivity contribution in [3.63, 3.8) is 0 Å². The number of hydrogen-bond acceptors (Lipinski definition) is 2. The number of carbonyl (C=O) groups excluding carboxylic acids is 1. The fourth-order valence-corrected chi connectivity index (χ4v) is 1.81. The van der Waals surface area contributed by atoms with Crippen LogP contribution in [0, 0.1) is 11.6 Å². The zero-order valence-electron chi connectivity index (χ0n) is 10.1. The topological polar surface area (TPSA) is 37.3 Å². The summed E-state index contributed by atoms with van der Waals surface area (Å²) >= 11 is 5.66. The van der Waals surface area contributed by atoms with Crippen molar-refractivity contribution < 1.29 is 18.7 Å². The first kappa shape index (κ1) is 14.2. The van der Waals surface area contributed by atoms with Crippen molar-refractivity contribution in [2.24, 2.45) is 0 Å². The number of aromatic hydroxyl groups is 1. The van der Waals surface area contributed by atoms with Gasteiger partial charge in [0, 0.05) is 11.1 Å². The number of benzene rings is 2. The summed E-state index contributed by atoms with van der Waals surface area (Å²) in [4.78, 5) is 11.8. The van der Waals surface area contributed by atoms with Crippen molar-refractivity contribution in [1.29, 1.82) is 0 Å². The number of phenolic OH excluding ortho intramolecular Hbond substituents is 1. The van der Waals surface area contributed by atoms with E-state index < -0.39 is 17.4 Å². The highest BCUT2D eigenvalue weighted by Gasteiger charge is 2.08. The van der Waals surface area contributed by atoms with Gasteiger partial charge >= 0.3 is 0 Å². The zero-order chi connectivity index (χ0) is 14.7. The molecule has 0 aliphatic carbocycles. The van der Waals surface area contributed by atoms with Crippen LogP contribution < -0.4 is 0 Å². The normalized spacial score (nSPS) is 10.9. The maximum Gasteiger partial charge on any atom is 0.189 e. The quantitative estimate of drug-likeness (QED) is 0.680. The lowest BCUT2D eigenvalue weighted by Crippen LogP contribution is -1.94. The number of allylic oxidation sites excluding steroid dienone is 1. The molecular formula is C15H9ClF2O2. The van der Waals surface area contributed by atoms with Crippen LogP contribution in [0.4, 0.5) is 8.78 Å². The maximum atomic E-state index is 13.0. The minimum atomic E-state index is -0.730. The van der Waals surface area contributed by atoms with Crippen molar-refractivity contribution in [2.75, 3.05) is 0 Å². The second-order valence-electron chi connectivity index (χ2n) is 4.06. The smallest absolute Gasteiger partial charge is 0.189 e. The highest BCUT2D eigenvalue weighted by atomic mass is 35.5. The van der Waals surface area contributed by atoms with E-state index >= 15 is 0 Å². The van der Waals surface area contributed by atoms with Crippen molar-refractivity contribution in [3.05, 3.63) is 70.3 Å². The molecule has 0 aliphatic heterocycles. The SMILES string of the molecule is O=C(/C=C/c1cc(F)cc(F)c1)c1ccc(Cl)cc1O. The van der Waals surface area contributed by atoms with Crippen molar-refractivity contribution >= 4 is 23.5 Å². The van der Waals surface area contributed by atoms with Gasteiger partial charge in [0.2, 0.25) is 0 Å². The van der Waals surface area contributed by atoms with E-state index in [1.165, 1.54) is 24.3 Å². The minimum absolute atomic E-state index is 0.0579. The molecule has 0 radical (unpaired) electrons. The summed E-state index contributed by atoms with van der Waals surface area (Å²) in [5.41, 5.74) is 0.270. The number of ketones is 1. The summed E-state index contributed by atoms with van der Waals surface area (Å²) in [7, 11) is 0. The summed E-state index contributed by atoms with van der Waals surface area (Å²) in [6.45, 7) is 0. The zero-order valence-corrected chi connectivity index (χ0v) is 10.9. The molecular weight excluding hydrogens is 286 g/mol. The van der Waals surface area contributed by atoms with Crippen LogP contribution in [-0.2, 0) is 0 Å². The largest absolute Gasteiger partial charge is 0.507 e. The molecule has 2 rings (SSSR count). The molecule has 0 amide bonds. The molecule has 0 spiro atoms. The molecule has 0 atom stereocenters. The van der Waals surface area contributed by atoms with Crippen LogP contribution >= 0.6 is 11.6 Å². The number of phenols is 1. The summed E-state index contributed by atoms with van der Waals surface area (Å²) in [6.07, 6.45) is 2.39. The highest BCUT2D eigenvalue weighted by molar-refractivity contribution is 6.31. The first-order valence-electron chi connectivity index (χ1n) is 5.63. The van der Waals surface area contributed by atoms with Crippen LogP contribution in [0.25, 0.3) is 6.08 Å². The maximum absolute atomic E-state index is 13.0. The Labute approximate surface area is 118 Å². The van der Waals surface area contributed by atoms with E-state index in [0.29, 0.717) is 5.02 Å². The molecule has 0 bridgehead atoms. The van der Waals surface area contributed by atoms with Crippen molar-refractivity contribution in [3.8, 4) is 5.75 Å². The van der Waals surface area contributed by atoms with Gasteiger partial charge in [-0.3, -0.25) is 4.79 Å². The average molecular weight is 295 g/mol. The van der Waals surface area contributed by atoms with Crippen molar-refractivity contribution in [2.45, 2.75) is 0 Å².